The maximum Gasteiger partial charge on any atom is 0.222 e. The molecule has 0 bridgehead atoms. The van der Waals surface area contributed by atoms with Crippen molar-refractivity contribution < 1.29 is 4.79 Å². The van der Waals surface area contributed by atoms with Crippen LogP contribution in [0.3, 0.4) is 0 Å². The summed E-state index contributed by atoms with van der Waals surface area (Å²) >= 11 is 5.81. The molecule has 1 amide bonds. The fourth-order valence-electron chi connectivity index (χ4n) is 2.37. The van der Waals surface area contributed by atoms with Crippen LogP contribution in [0, 0.1) is 5.92 Å². The van der Waals surface area contributed by atoms with Crippen LogP contribution in [-0.4, -0.2) is 39.9 Å². The fraction of sp³-hybridized carbons (Fsp3) is 0.643. The van der Waals surface area contributed by atoms with Gasteiger partial charge in [-0.3, -0.25) is 9.78 Å². The minimum absolute atomic E-state index is 0.265. The van der Waals surface area contributed by atoms with Gasteiger partial charge in [0, 0.05) is 25.6 Å². The maximum absolute atomic E-state index is 12.0. The monoisotopic (exact) mass is 296 g/mol. The molecule has 110 valence electrons. The number of hydrogen-bond donors (Lipinski definition) is 1. The Labute approximate surface area is 124 Å². The molecule has 1 fully saturated rings. The molecule has 0 saturated carbocycles. The molecule has 0 unspecified atom stereocenters. The van der Waals surface area contributed by atoms with Crippen LogP contribution >= 0.6 is 11.6 Å². The third-order valence-electron chi connectivity index (χ3n) is 3.39. The van der Waals surface area contributed by atoms with Gasteiger partial charge in [0.1, 0.15) is 11.0 Å². The molecule has 1 aromatic heterocycles. The van der Waals surface area contributed by atoms with Crippen molar-refractivity contribution in [2.45, 2.75) is 39.2 Å². The summed E-state index contributed by atoms with van der Waals surface area (Å²) in [4.78, 5) is 22.1. The summed E-state index contributed by atoms with van der Waals surface area (Å²) < 4.78 is 0. The van der Waals surface area contributed by atoms with E-state index in [-0.39, 0.29) is 5.91 Å². The van der Waals surface area contributed by atoms with E-state index in [0.29, 0.717) is 29.4 Å². The van der Waals surface area contributed by atoms with E-state index in [0.717, 1.165) is 25.9 Å². The van der Waals surface area contributed by atoms with Gasteiger partial charge in [-0.25, -0.2) is 4.98 Å². The average Bonchev–Trinajstić information content (AvgIpc) is 2.38. The topological polar surface area (TPSA) is 58.1 Å². The van der Waals surface area contributed by atoms with E-state index in [2.05, 4.69) is 29.1 Å². The first-order valence-electron chi connectivity index (χ1n) is 7.06. The molecule has 1 aromatic rings. The van der Waals surface area contributed by atoms with Gasteiger partial charge in [0.15, 0.2) is 0 Å². The zero-order valence-electron chi connectivity index (χ0n) is 12.0. The van der Waals surface area contributed by atoms with Crippen molar-refractivity contribution in [2.75, 3.05) is 18.4 Å². The summed E-state index contributed by atoms with van der Waals surface area (Å²) in [5.74, 6) is 1.38. The largest absolute Gasteiger partial charge is 0.366 e. The summed E-state index contributed by atoms with van der Waals surface area (Å²) in [6, 6.07) is 0.325. The molecule has 0 aromatic carbocycles. The predicted molar refractivity (Wildman–Crippen MR) is 79.7 cm³/mol. The summed E-state index contributed by atoms with van der Waals surface area (Å²) in [6.07, 6.45) is 5.68. The molecule has 2 rings (SSSR count). The van der Waals surface area contributed by atoms with E-state index >= 15 is 0 Å². The van der Waals surface area contributed by atoms with Gasteiger partial charge in [0.05, 0.1) is 12.4 Å². The smallest absolute Gasteiger partial charge is 0.222 e. The van der Waals surface area contributed by atoms with Gasteiger partial charge in [-0.2, -0.15) is 0 Å². The normalized spacial score (nSPS) is 16.5. The van der Waals surface area contributed by atoms with E-state index < -0.39 is 0 Å². The molecule has 1 aliphatic rings. The molecule has 20 heavy (non-hydrogen) atoms. The Morgan fingerprint density at radius 3 is 2.75 bits per heavy atom. The van der Waals surface area contributed by atoms with E-state index in [1.165, 1.54) is 6.20 Å². The lowest BCUT2D eigenvalue weighted by Crippen LogP contribution is -2.42. The van der Waals surface area contributed by atoms with Crippen LogP contribution in [0.1, 0.15) is 33.1 Å². The lowest BCUT2D eigenvalue weighted by molar-refractivity contribution is -0.132. The number of carbonyl (C=O) groups is 1. The van der Waals surface area contributed by atoms with E-state index in [4.69, 9.17) is 11.6 Å². The number of rotatable bonds is 4. The Morgan fingerprint density at radius 2 is 2.15 bits per heavy atom. The number of piperidine rings is 1. The molecule has 0 spiro atoms. The Morgan fingerprint density at radius 1 is 1.45 bits per heavy atom. The van der Waals surface area contributed by atoms with Crippen molar-refractivity contribution in [1.29, 1.82) is 0 Å². The Balaban J connectivity index is 1.81. The highest BCUT2D eigenvalue weighted by atomic mass is 35.5. The van der Waals surface area contributed by atoms with Gasteiger partial charge in [0.2, 0.25) is 5.91 Å². The van der Waals surface area contributed by atoms with Gasteiger partial charge in [-0.1, -0.05) is 25.4 Å². The first-order chi connectivity index (χ1) is 9.54. The zero-order chi connectivity index (χ0) is 14.5. The number of carbonyl (C=O) groups excluding carboxylic acids is 1. The number of aromatic nitrogens is 2. The van der Waals surface area contributed by atoms with Crippen LogP contribution < -0.4 is 5.32 Å². The highest BCUT2D eigenvalue weighted by Crippen LogP contribution is 2.17. The predicted octanol–water partition coefficient (Wildman–Crippen LogP) is 2.58. The maximum atomic E-state index is 12.0. The summed E-state index contributed by atoms with van der Waals surface area (Å²) in [5, 5.41) is 3.71. The van der Waals surface area contributed by atoms with Gasteiger partial charge in [0.25, 0.3) is 0 Å². The highest BCUT2D eigenvalue weighted by molar-refractivity contribution is 6.29. The van der Waals surface area contributed by atoms with Gasteiger partial charge >= 0.3 is 0 Å². The molecule has 1 aliphatic heterocycles. The van der Waals surface area contributed by atoms with Gasteiger partial charge < -0.3 is 10.2 Å². The number of amides is 1. The van der Waals surface area contributed by atoms with Crippen molar-refractivity contribution in [3.63, 3.8) is 0 Å². The third-order valence-corrected chi connectivity index (χ3v) is 3.57. The number of nitrogens with zero attached hydrogens (tertiary/aromatic N) is 3. The number of hydrogen-bond acceptors (Lipinski definition) is 4. The molecule has 5 nitrogen and oxygen atoms in total. The zero-order valence-corrected chi connectivity index (χ0v) is 12.7. The minimum atomic E-state index is 0.265. The standard InChI is InChI=1S/C14H21ClN4O/c1-10(2)7-14(20)19-5-3-11(4-6-19)17-13-9-16-8-12(15)18-13/h8-11H,3-7H2,1-2H3,(H,17,18). The van der Waals surface area contributed by atoms with E-state index in [1.807, 2.05) is 4.90 Å². The highest BCUT2D eigenvalue weighted by Gasteiger charge is 2.23. The van der Waals surface area contributed by atoms with Gasteiger partial charge in [-0.15, -0.1) is 0 Å². The minimum Gasteiger partial charge on any atom is -0.366 e. The molecule has 1 saturated heterocycles. The first-order valence-corrected chi connectivity index (χ1v) is 7.44. The lowest BCUT2D eigenvalue weighted by Gasteiger charge is -2.33. The van der Waals surface area contributed by atoms with Crippen molar-refractivity contribution in [1.82, 2.24) is 14.9 Å². The summed E-state index contributed by atoms with van der Waals surface area (Å²) in [5.41, 5.74) is 0. The molecular formula is C14H21ClN4O. The van der Waals surface area contributed by atoms with Crippen LogP contribution in [0.4, 0.5) is 5.82 Å². The molecule has 6 heteroatoms. The van der Waals surface area contributed by atoms with Crippen molar-refractivity contribution in [3.05, 3.63) is 17.5 Å². The molecule has 0 atom stereocenters. The van der Waals surface area contributed by atoms with Crippen LogP contribution in [0.25, 0.3) is 0 Å². The Kier molecular flexibility index (Phi) is 5.17. The number of anilines is 1. The molecule has 1 N–H and O–H groups in total. The molecule has 0 radical (unpaired) electrons. The fourth-order valence-corrected chi connectivity index (χ4v) is 2.52. The Bertz CT molecular complexity index is 458. The molecule has 0 aliphatic carbocycles. The Hall–Kier alpha value is -1.36. The quantitative estimate of drug-likeness (QED) is 0.928. The second-order valence-corrected chi connectivity index (χ2v) is 6.01. The van der Waals surface area contributed by atoms with Crippen molar-refractivity contribution >= 4 is 23.3 Å². The van der Waals surface area contributed by atoms with Crippen molar-refractivity contribution in [3.8, 4) is 0 Å². The number of nitrogens with one attached hydrogen (secondary N) is 1. The van der Waals surface area contributed by atoms with Crippen molar-refractivity contribution in [2.24, 2.45) is 5.92 Å². The second kappa shape index (κ2) is 6.88. The molecule has 2 heterocycles. The second-order valence-electron chi connectivity index (χ2n) is 5.62. The van der Waals surface area contributed by atoms with Crippen LogP contribution in [0.5, 0.6) is 0 Å². The summed E-state index contributed by atoms with van der Waals surface area (Å²) in [6.45, 7) is 5.75. The SMILES string of the molecule is CC(C)CC(=O)N1CCC(Nc2cncc(Cl)n2)CC1. The number of likely N-dealkylation sites (tertiary alicyclic amines) is 1. The van der Waals surface area contributed by atoms with Gasteiger partial charge in [-0.05, 0) is 18.8 Å². The lowest BCUT2D eigenvalue weighted by atomic mass is 10.0. The van der Waals surface area contributed by atoms with E-state index in [9.17, 15) is 4.79 Å². The van der Waals surface area contributed by atoms with Crippen LogP contribution in [0.15, 0.2) is 12.4 Å². The van der Waals surface area contributed by atoms with Crippen LogP contribution in [-0.2, 0) is 4.79 Å². The summed E-state index contributed by atoms with van der Waals surface area (Å²) in [7, 11) is 0. The third kappa shape index (κ3) is 4.34. The first kappa shape index (κ1) is 15.0. The van der Waals surface area contributed by atoms with E-state index in [1.54, 1.807) is 6.20 Å². The number of halogens is 1. The average molecular weight is 297 g/mol. The van der Waals surface area contributed by atoms with Crippen LogP contribution in [0.2, 0.25) is 5.15 Å². The molecular weight excluding hydrogens is 276 g/mol.